The van der Waals surface area contributed by atoms with Crippen LogP contribution in [0.3, 0.4) is 0 Å². The molecule has 4 heteroatoms. The summed E-state index contributed by atoms with van der Waals surface area (Å²) in [6.45, 7) is 10.9. The molecule has 0 aliphatic carbocycles. The van der Waals surface area contributed by atoms with Crippen LogP contribution in [0.2, 0.25) is 0 Å². The third-order valence-corrected chi connectivity index (χ3v) is 4.48. The van der Waals surface area contributed by atoms with Crippen molar-refractivity contribution in [3.63, 3.8) is 0 Å². The fraction of sp³-hybridized carbons (Fsp3) is 0.409. The predicted molar refractivity (Wildman–Crippen MR) is 105 cm³/mol. The van der Waals surface area contributed by atoms with E-state index in [1.807, 2.05) is 58.0 Å². The first kappa shape index (κ1) is 19.8. The van der Waals surface area contributed by atoms with Crippen LogP contribution in [0.1, 0.15) is 35.6 Å². The Kier molecular flexibility index (Phi) is 7.07. The van der Waals surface area contributed by atoms with Crippen molar-refractivity contribution in [1.29, 1.82) is 0 Å². The summed E-state index contributed by atoms with van der Waals surface area (Å²) in [5.41, 5.74) is 4.52. The average Bonchev–Trinajstić information content (AvgIpc) is 2.61. The molecule has 1 atom stereocenters. The highest BCUT2D eigenvalue weighted by molar-refractivity contribution is 5.81. The first-order chi connectivity index (χ1) is 12.4. The highest BCUT2D eigenvalue weighted by Crippen LogP contribution is 2.22. The number of hydrogen-bond donors (Lipinski definition) is 1. The van der Waals surface area contributed by atoms with E-state index in [9.17, 15) is 4.79 Å². The minimum Gasteiger partial charge on any atom is -0.491 e. The van der Waals surface area contributed by atoms with E-state index in [0.717, 1.165) is 28.2 Å². The molecular formula is C22H29NO3. The Bertz CT molecular complexity index is 755. The highest BCUT2D eigenvalue weighted by Gasteiger charge is 2.19. The Morgan fingerprint density at radius 2 is 1.81 bits per heavy atom. The molecule has 4 nitrogen and oxygen atoms in total. The van der Waals surface area contributed by atoms with E-state index in [1.54, 1.807) is 0 Å². The van der Waals surface area contributed by atoms with Crippen molar-refractivity contribution in [3.05, 3.63) is 58.7 Å². The largest absolute Gasteiger partial charge is 0.491 e. The minimum absolute atomic E-state index is 0.113. The Labute approximate surface area is 156 Å². The quantitative estimate of drug-likeness (QED) is 0.719. The lowest BCUT2D eigenvalue weighted by atomic mass is 10.1. The summed E-state index contributed by atoms with van der Waals surface area (Å²) in [5.74, 6) is 1.50. The van der Waals surface area contributed by atoms with Crippen LogP contribution in [-0.2, 0) is 4.79 Å². The minimum atomic E-state index is -0.503. The second-order valence-corrected chi connectivity index (χ2v) is 6.62. The van der Waals surface area contributed by atoms with Crippen LogP contribution in [-0.4, -0.2) is 25.2 Å². The van der Waals surface area contributed by atoms with Gasteiger partial charge in [0.1, 0.15) is 18.1 Å². The number of benzene rings is 2. The molecule has 140 valence electrons. The third-order valence-electron chi connectivity index (χ3n) is 4.48. The van der Waals surface area contributed by atoms with Gasteiger partial charge >= 0.3 is 0 Å². The second kappa shape index (κ2) is 9.27. The Balaban J connectivity index is 1.84. The van der Waals surface area contributed by atoms with Crippen molar-refractivity contribution in [2.24, 2.45) is 0 Å². The molecule has 0 aliphatic heterocycles. The zero-order valence-electron chi connectivity index (χ0n) is 16.4. The van der Waals surface area contributed by atoms with E-state index >= 15 is 0 Å². The van der Waals surface area contributed by atoms with Gasteiger partial charge in [0.15, 0.2) is 6.10 Å². The molecule has 0 spiro atoms. The number of amides is 1. The van der Waals surface area contributed by atoms with E-state index in [0.29, 0.717) is 19.6 Å². The van der Waals surface area contributed by atoms with Crippen LogP contribution in [0, 0.1) is 27.7 Å². The van der Waals surface area contributed by atoms with Crippen LogP contribution in [0.25, 0.3) is 0 Å². The van der Waals surface area contributed by atoms with Crippen LogP contribution >= 0.6 is 0 Å². The molecule has 0 unspecified atom stereocenters. The molecule has 1 N–H and O–H groups in total. The van der Waals surface area contributed by atoms with Crippen molar-refractivity contribution < 1.29 is 14.3 Å². The number of carbonyl (C=O) groups excluding carboxylic acids is 1. The molecular weight excluding hydrogens is 326 g/mol. The van der Waals surface area contributed by atoms with Crippen molar-refractivity contribution in [3.8, 4) is 11.5 Å². The Hall–Kier alpha value is -2.49. The molecule has 2 aromatic rings. The zero-order valence-corrected chi connectivity index (χ0v) is 16.4. The molecule has 2 rings (SSSR count). The fourth-order valence-corrected chi connectivity index (χ4v) is 2.74. The van der Waals surface area contributed by atoms with Gasteiger partial charge < -0.3 is 14.8 Å². The van der Waals surface area contributed by atoms with E-state index in [4.69, 9.17) is 9.47 Å². The Morgan fingerprint density at radius 3 is 2.50 bits per heavy atom. The molecule has 1 amide bonds. The van der Waals surface area contributed by atoms with Gasteiger partial charge in [0.25, 0.3) is 5.91 Å². The highest BCUT2D eigenvalue weighted by atomic mass is 16.5. The van der Waals surface area contributed by atoms with E-state index in [2.05, 4.69) is 18.3 Å². The maximum absolute atomic E-state index is 12.4. The number of carbonyl (C=O) groups is 1. The SMILES string of the molecule is CC[C@@H](Oc1cccc(C)c1C)C(=O)NCCOc1ccc(C)cc1C. The van der Waals surface area contributed by atoms with E-state index in [-0.39, 0.29) is 5.91 Å². The maximum atomic E-state index is 12.4. The monoisotopic (exact) mass is 355 g/mol. The molecule has 0 fully saturated rings. The van der Waals surface area contributed by atoms with Crippen LogP contribution in [0.5, 0.6) is 11.5 Å². The van der Waals surface area contributed by atoms with Crippen molar-refractivity contribution >= 4 is 5.91 Å². The first-order valence-electron chi connectivity index (χ1n) is 9.13. The molecule has 0 aliphatic rings. The number of nitrogens with one attached hydrogen (secondary N) is 1. The lowest BCUT2D eigenvalue weighted by Crippen LogP contribution is -2.39. The van der Waals surface area contributed by atoms with Crippen LogP contribution < -0.4 is 14.8 Å². The lowest BCUT2D eigenvalue weighted by Gasteiger charge is -2.19. The van der Waals surface area contributed by atoms with Gasteiger partial charge in [-0.25, -0.2) is 0 Å². The number of ether oxygens (including phenoxy) is 2. The van der Waals surface area contributed by atoms with Gasteiger partial charge in [-0.15, -0.1) is 0 Å². The Morgan fingerprint density at radius 1 is 1.04 bits per heavy atom. The van der Waals surface area contributed by atoms with E-state index in [1.165, 1.54) is 5.56 Å². The molecule has 0 bridgehead atoms. The van der Waals surface area contributed by atoms with Gasteiger partial charge in [0.05, 0.1) is 6.54 Å². The molecule has 0 saturated carbocycles. The van der Waals surface area contributed by atoms with Gasteiger partial charge in [-0.05, 0) is 62.9 Å². The fourth-order valence-electron chi connectivity index (χ4n) is 2.74. The lowest BCUT2D eigenvalue weighted by molar-refractivity contribution is -0.128. The summed E-state index contributed by atoms with van der Waals surface area (Å²) in [5, 5.41) is 2.90. The maximum Gasteiger partial charge on any atom is 0.261 e. The second-order valence-electron chi connectivity index (χ2n) is 6.62. The molecule has 0 saturated heterocycles. The number of rotatable bonds is 8. The summed E-state index contributed by atoms with van der Waals surface area (Å²) in [7, 11) is 0. The van der Waals surface area contributed by atoms with Gasteiger partial charge in [0, 0.05) is 0 Å². The first-order valence-corrected chi connectivity index (χ1v) is 9.13. The molecule has 26 heavy (non-hydrogen) atoms. The predicted octanol–water partition coefficient (Wildman–Crippen LogP) is 4.27. The summed E-state index contributed by atoms with van der Waals surface area (Å²) in [6, 6.07) is 11.9. The van der Waals surface area contributed by atoms with Crippen LogP contribution in [0.4, 0.5) is 0 Å². The smallest absolute Gasteiger partial charge is 0.261 e. The van der Waals surface area contributed by atoms with Gasteiger partial charge in [0.2, 0.25) is 0 Å². The standard InChI is InChI=1S/C22H29NO3/c1-6-19(26-21-9-7-8-16(3)18(21)5)22(24)23-12-13-25-20-11-10-15(2)14-17(20)4/h7-11,14,19H,6,12-13H2,1-5H3,(H,23,24)/t19-/m1/s1. The van der Waals surface area contributed by atoms with Gasteiger partial charge in [-0.2, -0.15) is 0 Å². The topological polar surface area (TPSA) is 47.6 Å². The molecule has 2 aromatic carbocycles. The summed E-state index contributed by atoms with van der Waals surface area (Å²) >= 11 is 0. The van der Waals surface area contributed by atoms with Gasteiger partial charge in [-0.3, -0.25) is 4.79 Å². The van der Waals surface area contributed by atoms with Gasteiger partial charge in [-0.1, -0.05) is 36.8 Å². The number of hydrogen-bond acceptors (Lipinski definition) is 3. The van der Waals surface area contributed by atoms with E-state index < -0.39 is 6.10 Å². The summed E-state index contributed by atoms with van der Waals surface area (Å²) in [6.07, 6.45) is 0.105. The third kappa shape index (κ3) is 5.25. The van der Waals surface area contributed by atoms with Crippen LogP contribution in [0.15, 0.2) is 36.4 Å². The molecule has 0 aromatic heterocycles. The average molecular weight is 355 g/mol. The van der Waals surface area contributed by atoms with Crippen molar-refractivity contribution in [2.75, 3.05) is 13.2 Å². The summed E-state index contributed by atoms with van der Waals surface area (Å²) < 4.78 is 11.7. The van der Waals surface area contributed by atoms with Crippen molar-refractivity contribution in [2.45, 2.75) is 47.1 Å². The zero-order chi connectivity index (χ0) is 19.1. The summed E-state index contributed by atoms with van der Waals surface area (Å²) in [4.78, 5) is 12.4. The van der Waals surface area contributed by atoms with Crippen molar-refractivity contribution in [1.82, 2.24) is 5.32 Å². The number of aryl methyl sites for hydroxylation is 3. The molecule has 0 radical (unpaired) electrons. The molecule has 0 heterocycles. The normalized spacial score (nSPS) is 11.7.